The summed E-state index contributed by atoms with van der Waals surface area (Å²) in [4.78, 5) is 26.1. The minimum atomic E-state index is -0.790. The van der Waals surface area contributed by atoms with Crippen molar-refractivity contribution < 1.29 is 14.3 Å². The van der Waals surface area contributed by atoms with Crippen LogP contribution in [-0.4, -0.2) is 29.9 Å². The predicted octanol–water partition coefficient (Wildman–Crippen LogP) is 2.72. The highest BCUT2D eigenvalue weighted by Gasteiger charge is 2.22. The van der Waals surface area contributed by atoms with E-state index in [-0.39, 0.29) is 18.1 Å². The van der Waals surface area contributed by atoms with Crippen molar-refractivity contribution in [1.29, 1.82) is 5.26 Å². The van der Waals surface area contributed by atoms with Gasteiger partial charge in [-0.1, -0.05) is 54.6 Å². The molecule has 0 aromatic heterocycles. The number of hydrogen-bond acceptors (Lipinski definition) is 4. The number of fused-ring (bicyclic) bond motifs is 1. The van der Waals surface area contributed by atoms with Gasteiger partial charge < -0.3 is 9.64 Å². The minimum Gasteiger partial charge on any atom is -0.451 e. The van der Waals surface area contributed by atoms with Gasteiger partial charge in [-0.15, -0.1) is 0 Å². The summed E-state index contributed by atoms with van der Waals surface area (Å²) in [6.07, 6.45) is 2.23. The first kappa shape index (κ1) is 17.4. The number of ether oxygens (including phenoxy) is 1. The summed E-state index contributed by atoms with van der Waals surface area (Å²) in [6.45, 7) is 0.741. The summed E-state index contributed by atoms with van der Waals surface area (Å²) in [7, 11) is 0. The molecule has 26 heavy (non-hydrogen) atoms. The van der Waals surface area contributed by atoms with Gasteiger partial charge in [-0.25, -0.2) is 4.79 Å². The summed E-state index contributed by atoms with van der Waals surface area (Å²) in [5, 5.41) is 9.17. The molecule has 0 radical (unpaired) electrons. The zero-order chi connectivity index (χ0) is 18.4. The molecule has 0 fully saturated rings. The Morgan fingerprint density at radius 2 is 1.77 bits per heavy atom. The van der Waals surface area contributed by atoms with Gasteiger partial charge in [0.15, 0.2) is 6.61 Å². The molecule has 2 aromatic carbocycles. The second-order valence-corrected chi connectivity index (χ2v) is 5.99. The van der Waals surface area contributed by atoms with E-state index in [1.807, 2.05) is 42.5 Å². The molecule has 1 aliphatic rings. The van der Waals surface area contributed by atoms with Crippen molar-refractivity contribution in [2.75, 3.05) is 13.2 Å². The largest absolute Gasteiger partial charge is 0.451 e. The van der Waals surface area contributed by atoms with Crippen LogP contribution >= 0.6 is 0 Å². The first-order valence-electron chi connectivity index (χ1n) is 8.36. The SMILES string of the molecule is N#CC(=Cc1ccccc1)C(=O)OCC(=O)N1CCc2ccccc2C1. The fourth-order valence-electron chi connectivity index (χ4n) is 2.86. The summed E-state index contributed by atoms with van der Waals surface area (Å²) in [5.41, 5.74) is 2.94. The normalized spacial score (nSPS) is 13.5. The van der Waals surface area contributed by atoms with Gasteiger partial charge >= 0.3 is 5.97 Å². The molecule has 1 aliphatic heterocycles. The van der Waals surface area contributed by atoms with Gasteiger partial charge in [0.05, 0.1) is 0 Å². The molecule has 0 atom stereocenters. The van der Waals surface area contributed by atoms with Crippen LogP contribution in [0.25, 0.3) is 6.08 Å². The smallest absolute Gasteiger partial charge is 0.349 e. The van der Waals surface area contributed by atoms with Crippen molar-refractivity contribution in [3.63, 3.8) is 0 Å². The van der Waals surface area contributed by atoms with Crippen molar-refractivity contribution in [2.45, 2.75) is 13.0 Å². The molecular weight excluding hydrogens is 328 g/mol. The third kappa shape index (κ3) is 4.17. The van der Waals surface area contributed by atoms with Crippen molar-refractivity contribution >= 4 is 18.0 Å². The third-order valence-corrected chi connectivity index (χ3v) is 4.26. The van der Waals surface area contributed by atoms with E-state index in [1.54, 1.807) is 17.0 Å². The van der Waals surface area contributed by atoms with Gasteiger partial charge in [0.1, 0.15) is 11.6 Å². The fraction of sp³-hybridized carbons (Fsp3) is 0.190. The van der Waals surface area contributed by atoms with E-state index in [0.717, 1.165) is 17.5 Å². The van der Waals surface area contributed by atoms with Gasteiger partial charge in [-0.3, -0.25) is 4.79 Å². The van der Waals surface area contributed by atoms with Crippen molar-refractivity contribution in [3.05, 3.63) is 76.9 Å². The summed E-state index contributed by atoms with van der Waals surface area (Å²) < 4.78 is 5.05. The van der Waals surface area contributed by atoms with Crippen LogP contribution < -0.4 is 0 Å². The van der Waals surface area contributed by atoms with E-state index < -0.39 is 5.97 Å². The number of carbonyl (C=O) groups is 2. The van der Waals surface area contributed by atoms with E-state index in [2.05, 4.69) is 6.07 Å². The number of benzene rings is 2. The average molecular weight is 346 g/mol. The van der Waals surface area contributed by atoms with E-state index in [0.29, 0.717) is 13.1 Å². The quantitative estimate of drug-likeness (QED) is 0.485. The monoisotopic (exact) mass is 346 g/mol. The maximum atomic E-state index is 12.3. The second kappa shape index (κ2) is 8.13. The fourth-order valence-corrected chi connectivity index (χ4v) is 2.86. The number of nitrogens with zero attached hydrogens (tertiary/aromatic N) is 2. The van der Waals surface area contributed by atoms with Crippen molar-refractivity contribution in [3.8, 4) is 6.07 Å². The lowest BCUT2D eigenvalue weighted by atomic mass is 10.00. The maximum Gasteiger partial charge on any atom is 0.349 e. The molecule has 1 heterocycles. The van der Waals surface area contributed by atoms with Crippen LogP contribution in [0.4, 0.5) is 0 Å². The summed E-state index contributed by atoms with van der Waals surface area (Å²) in [6, 6.07) is 18.8. The predicted molar refractivity (Wildman–Crippen MR) is 96.6 cm³/mol. The number of nitriles is 1. The highest BCUT2D eigenvalue weighted by Crippen LogP contribution is 2.18. The Labute approximate surface area is 152 Å². The van der Waals surface area contributed by atoms with E-state index in [4.69, 9.17) is 10.00 Å². The van der Waals surface area contributed by atoms with Crippen LogP contribution in [0.5, 0.6) is 0 Å². The Morgan fingerprint density at radius 1 is 1.08 bits per heavy atom. The number of rotatable bonds is 4. The molecule has 0 unspecified atom stereocenters. The van der Waals surface area contributed by atoms with Gasteiger partial charge in [-0.05, 0) is 29.2 Å². The Kier molecular flexibility index (Phi) is 5.45. The lowest BCUT2D eigenvalue weighted by Gasteiger charge is -2.28. The van der Waals surface area contributed by atoms with Crippen LogP contribution in [0.3, 0.4) is 0 Å². The van der Waals surface area contributed by atoms with Crippen LogP contribution in [0.2, 0.25) is 0 Å². The highest BCUT2D eigenvalue weighted by atomic mass is 16.5. The van der Waals surface area contributed by atoms with Crippen LogP contribution in [0, 0.1) is 11.3 Å². The Bertz CT molecular complexity index is 882. The van der Waals surface area contributed by atoms with Gasteiger partial charge in [0.2, 0.25) is 0 Å². The molecule has 2 aromatic rings. The number of esters is 1. The van der Waals surface area contributed by atoms with Crippen LogP contribution in [0.15, 0.2) is 60.2 Å². The molecule has 0 saturated heterocycles. The van der Waals surface area contributed by atoms with E-state index in [1.165, 1.54) is 11.6 Å². The molecule has 5 nitrogen and oxygen atoms in total. The zero-order valence-corrected chi connectivity index (χ0v) is 14.2. The third-order valence-electron chi connectivity index (χ3n) is 4.26. The minimum absolute atomic E-state index is 0.131. The standard InChI is InChI=1S/C21H18N2O3/c22-13-19(12-16-6-2-1-3-7-16)21(25)26-15-20(24)23-11-10-17-8-4-5-9-18(17)14-23/h1-9,12H,10-11,14-15H2. The first-order chi connectivity index (χ1) is 12.7. The average Bonchev–Trinajstić information content (AvgIpc) is 2.70. The van der Waals surface area contributed by atoms with E-state index >= 15 is 0 Å². The van der Waals surface area contributed by atoms with E-state index in [9.17, 15) is 9.59 Å². The lowest BCUT2D eigenvalue weighted by Crippen LogP contribution is -2.38. The molecule has 3 rings (SSSR count). The molecule has 0 bridgehead atoms. The summed E-state index contributed by atoms with van der Waals surface area (Å²) >= 11 is 0. The maximum absolute atomic E-state index is 12.3. The van der Waals surface area contributed by atoms with Crippen LogP contribution in [0.1, 0.15) is 16.7 Å². The molecular formula is C21H18N2O3. The molecule has 0 saturated carbocycles. The molecule has 0 spiro atoms. The van der Waals surface area contributed by atoms with Gasteiger partial charge in [-0.2, -0.15) is 5.26 Å². The van der Waals surface area contributed by atoms with Crippen molar-refractivity contribution in [1.82, 2.24) is 4.90 Å². The Morgan fingerprint density at radius 3 is 2.50 bits per heavy atom. The zero-order valence-electron chi connectivity index (χ0n) is 14.2. The lowest BCUT2D eigenvalue weighted by molar-refractivity contribution is -0.149. The molecule has 0 aliphatic carbocycles. The number of carbonyl (C=O) groups excluding carboxylic acids is 2. The van der Waals surface area contributed by atoms with Crippen molar-refractivity contribution in [2.24, 2.45) is 0 Å². The molecule has 5 heteroatoms. The van der Waals surface area contributed by atoms with Crippen LogP contribution in [-0.2, 0) is 27.3 Å². The topological polar surface area (TPSA) is 70.4 Å². The highest BCUT2D eigenvalue weighted by molar-refractivity contribution is 5.98. The summed E-state index contributed by atoms with van der Waals surface area (Å²) in [5.74, 6) is -1.05. The molecule has 1 amide bonds. The Hall–Kier alpha value is -3.39. The van der Waals surface area contributed by atoms with Gasteiger partial charge in [0, 0.05) is 13.1 Å². The number of hydrogen-bond donors (Lipinski definition) is 0. The number of amides is 1. The molecule has 0 N–H and O–H groups in total. The Balaban J connectivity index is 1.58. The first-order valence-corrected chi connectivity index (χ1v) is 8.36. The molecule has 130 valence electrons. The second-order valence-electron chi connectivity index (χ2n) is 5.99. The van der Waals surface area contributed by atoms with Gasteiger partial charge in [0.25, 0.3) is 5.91 Å².